The van der Waals surface area contributed by atoms with Gasteiger partial charge in [0, 0.05) is 17.4 Å². The lowest BCUT2D eigenvalue weighted by Crippen LogP contribution is -2.28. The maximum atomic E-state index is 10.9. The number of rotatable bonds is 4. The van der Waals surface area contributed by atoms with Crippen LogP contribution in [0.3, 0.4) is 0 Å². The highest BCUT2D eigenvalue weighted by Crippen LogP contribution is 2.44. The summed E-state index contributed by atoms with van der Waals surface area (Å²) in [7, 11) is 0. The molecule has 108 valence electrons. The van der Waals surface area contributed by atoms with Crippen LogP contribution in [0.2, 0.25) is 0 Å². The van der Waals surface area contributed by atoms with Gasteiger partial charge in [-0.2, -0.15) is 0 Å². The van der Waals surface area contributed by atoms with Crippen LogP contribution in [-0.2, 0) is 0 Å². The number of hydrogen-bond donors (Lipinski definition) is 3. The van der Waals surface area contributed by atoms with Crippen molar-refractivity contribution in [2.24, 2.45) is 17.6 Å². The lowest BCUT2D eigenvalue weighted by Gasteiger charge is -2.30. The van der Waals surface area contributed by atoms with Gasteiger partial charge < -0.3 is 16.4 Å². The minimum absolute atomic E-state index is 0.520. The molecule has 2 fully saturated rings. The predicted octanol–water partition coefficient (Wildman–Crippen LogP) is 3.56. The molecular formula is C16H23N3O. The molecule has 0 heterocycles. The van der Waals surface area contributed by atoms with Crippen LogP contribution in [0.1, 0.15) is 38.5 Å². The molecule has 2 atom stereocenters. The van der Waals surface area contributed by atoms with Crippen molar-refractivity contribution in [1.82, 2.24) is 0 Å². The van der Waals surface area contributed by atoms with Gasteiger partial charge in [0.05, 0.1) is 0 Å². The Hall–Kier alpha value is -1.71. The van der Waals surface area contributed by atoms with Crippen molar-refractivity contribution >= 4 is 17.4 Å². The van der Waals surface area contributed by atoms with Crippen molar-refractivity contribution in [3.05, 3.63) is 24.3 Å². The van der Waals surface area contributed by atoms with E-state index < -0.39 is 6.03 Å². The zero-order chi connectivity index (χ0) is 13.9. The van der Waals surface area contributed by atoms with E-state index in [1.54, 1.807) is 0 Å². The van der Waals surface area contributed by atoms with Gasteiger partial charge in [0.1, 0.15) is 0 Å². The van der Waals surface area contributed by atoms with Gasteiger partial charge in [0.15, 0.2) is 0 Å². The molecule has 2 aliphatic carbocycles. The minimum atomic E-state index is -0.520. The minimum Gasteiger partial charge on any atom is -0.382 e. The molecule has 4 heteroatoms. The second-order valence-corrected chi connectivity index (χ2v) is 6.18. The topological polar surface area (TPSA) is 67.2 Å². The number of nitrogens with two attached hydrogens (primary N) is 1. The van der Waals surface area contributed by atoms with Gasteiger partial charge in [0.2, 0.25) is 0 Å². The third kappa shape index (κ3) is 3.44. The number of amides is 2. The summed E-state index contributed by atoms with van der Waals surface area (Å²) in [6.07, 6.45) is 8.16. The Labute approximate surface area is 120 Å². The van der Waals surface area contributed by atoms with Crippen LogP contribution in [0.5, 0.6) is 0 Å². The molecule has 2 saturated carbocycles. The summed E-state index contributed by atoms with van der Waals surface area (Å²) in [5.41, 5.74) is 6.96. The fraction of sp³-hybridized carbons (Fsp3) is 0.562. The molecule has 1 aromatic carbocycles. The van der Waals surface area contributed by atoms with Crippen LogP contribution in [0, 0.1) is 11.8 Å². The van der Waals surface area contributed by atoms with E-state index in [1.165, 1.54) is 38.5 Å². The summed E-state index contributed by atoms with van der Waals surface area (Å²) in [6.45, 7) is 0. The summed E-state index contributed by atoms with van der Waals surface area (Å²) in [4.78, 5) is 10.9. The molecule has 2 unspecified atom stereocenters. The molecule has 0 aliphatic heterocycles. The van der Waals surface area contributed by atoms with Gasteiger partial charge in [0.25, 0.3) is 0 Å². The van der Waals surface area contributed by atoms with E-state index in [9.17, 15) is 4.79 Å². The van der Waals surface area contributed by atoms with Crippen LogP contribution >= 0.6 is 0 Å². The monoisotopic (exact) mass is 273 g/mol. The van der Waals surface area contributed by atoms with Crippen molar-refractivity contribution in [2.45, 2.75) is 44.6 Å². The van der Waals surface area contributed by atoms with Crippen LogP contribution in [0.4, 0.5) is 16.2 Å². The first-order valence-electron chi connectivity index (χ1n) is 7.64. The molecule has 1 aromatic rings. The van der Waals surface area contributed by atoms with Crippen molar-refractivity contribution in [3.8, 4) is 0 Å². The van der Waals surface area contributed by atoms with E-state index >= 15 is 0 Å². The van der Waals surface area contributed by atoms with Crippen molar-refractivity contribution in [2.75, 3.05) is 10.6 Å². The third-order valence-electron chi connectivity index (χ3n) is 4.50. The van der Waals surface area contributed by atoms with E-state index in [1.807, 2.05) is 24.3 Å². The van der Waals surface area contributed by atoms with Crippen molar-refractivity contribution in [1.29, 1.82) is 0 Å². The highest BCUT2D eigenvalue weighted by molar-refractivity contribution is 5.88. The zero-order valence-corrected chi connectivity index (χ0v) is 11.8. The van der Waals surface area contributed by atoms with E-state index in [0.717, 1.165) is 23.2 Å². The molecule has 20 heavy (non-hydrogen) atoms. The van der Waals surface area contributed by atoms with Crippen LogP contribution in [0.15, 0.2) is 24.3 Å². The van der Waals surface area contributed by atoms with Crippen LogP contribution in [0.25, 0.3) is 0 Å². The second kappa shape index (κ2) is 5.73. The van der Waals surface area contributed by atoms with Gasteiger partial charge in [-0.25, -0.2) is 4.79 Å². The Morgan fingerprint density at radius 1 is 1.10 bits per heavy atom. The third-order valence-corrected chi connectivity index (χ3v) is 4.50. The molecule has 3 rings (SSSR count). The number of primary amides is 1. The standard InChI is InChI=1S/C16H23N3O/c17-16(20)19-15-6-2-5-14(10-15)18-13-4-1-3-12(9-13)11-7-8-11/h2,5-6,10-13,18H,1,3-4,7-9H2,(H3,17,19,20). The lowest BCUT2D eigenvalue weighted by molar-refractivity contribution is 0.259. The smallest absolute Gasteiger partial charge is 0.316 e. The molecule has 2 aliphatic rings. The van der Waals surface area contributed by atoms with Gasteiger partial charge in [-0.1, -0.05) is 18.9 Å². The summed E-state index contributed by atoms with van der Waals surface area (Å²) < 4.78 is 0. The first-order valence-corrected chi connectivity index (χ1v) is 7.64. The van der Waals surface area contributed by atoms with Crippen LogP contribution < -0.4 is 16.4 Å². The number of anilines is 2. The molecule has 2 amide bonds. The lowest BCUT2D eigenvalue weighted by atomic mass is 9.82. The van der Waals surface area contributed by atoms with E-state index in [-0.39, 0.29) is 0 Å². The summed E-state index contributed by atoms with van der Waals surface area (Å²) in [5.74, 6) is 1.93. The Morgan fingerprint density at radius 2 is 1.90 bits per heavy atom. The first kappa shape index (κ1) is 13.3. The molecule has 4 nitrogen and oxygen atoms in total. The highest BCUT2D eigenvalue weighted by atomic mass is 16.2. The number of urea groups is 1. The fourth-order valence-electron chi connectivity index (χ4n) is 3.42. The molecular weight excluding hydrogens is 250 g/mol. The molecule has 0 bridgehead atoms. The number of hydrogen-bond acceptors (Lipinski definition) is 2. The van der Waals surface area contributed by atoms with Gasteiger partial charge >= 0.3 is 6.03 Å². The average molecular weight is 273 g/mol. The SMILES string of the molecule is NC(=O)Nc1cccc(NC2CCCC(C3CC3)C2)c1. The predicted molar refractivity (Wildman–Crippen MR) is 81.7 cm³/mol. The normalized spacial score (nSPS) is 26.0. The van der Waals surface area contributed by atoms with Gasteiger partial charge in [-0.15, -0.1) is 0 Å². The summed E-state index contributed by atoms with van der Waals surface area (Å²) in [6, 6.07) is 7.84. The molecule has 0 radical (unpaired) electrons. The molecule has 0 aromatic heterocycles. The first-order chi connectivity index (χ1) is 9.70. The Bertz CT molecular complexity index is 484. The second-order valence-electron chi connectivity index (χ2n) is 6.18. The van der Waals surface area contributed by atoms with E-state index in [4.69, 9.17) is 5.73 Å². The molecule has 4 N–H and O–H groups in total. The van der Waals surface area contributed by atoms with Crippen molar-refractivity contribution < 1.29 is 4.79 Å². The van der Waals surface area contributed by atoms with Crippen LogP contribution in [-0.4, -0.2) is 12.1 Å². The largest absolute Gasteiger partial charge is 0.382 e. The van der Waals surface area contributed by atoms with Crippen molar-refractivity contribution in [3.63, 3.8) is 0 Å². The maximum absolute atomic E-state index is 10.9. The molecule has 0 saturated heterocycles. The Morgan fingerprint density at radius 3 is 2.65 bits per heavy atom. The zero-order valence-electron chi connectivity index (χ0n) is 11.8. The summed E-state index contributed by atoms with van der Waals surface area (Å²) >= 11 is 0. The number of nitrogens with one attached hydrogen (secondary N) is 2. The van der Waals surface area contributed by atoms with Gasteiger partial charge in [-0.3, -0.25) is 0 Å². The van der Waals surface area contributed by atoms with Gasteiger partial charge in [-0.05, 0) is 55.7 Å². The highest BCUT2D eigenvalue weighted by Gasteiger charge is 2.34. The fourth-order valence-corrected chi connectivity index (χ4v) is 3.42. The van der Waals surface area contributed by atoms with E-state index in [2.05, 4.69) is 10.6 Å². The Kier molecular flexibility index (Phi) is 3.81. The summed E-state index contributed by atoms with van der Waals surface area (Å²) in [5, 5.41) is 6.23. The number of carbonyl (C=O) groups is 1. The number of carbonyl (C=O) groups excluding carboxylic acids is 1. The maximum Gasteiger partial charge on any atom is 0.316 e. The number of benzene rings is 1. The average Bonchev–Trinajstić information content (AvgIpc) is 3.23. The Balaban J connectivity index is 1.60. The molecule has 0 spiro atoms. The quantitative estimate of drug-likeness (QED) is 0.785. The van der Waals surface area contributed by atoms with E-state index in [0.29, 0.717) is 6.04 Å².